The summed E-state index contributed by atoms with van der Waals surface area (Å²) >= 11 is 0. The van der Waals surface area contributed by atoms with E-state index in [-0.39, 0.29) is 23.2 Å². The summed E-state index contributed by atoms with van der Waals surface area (Å²) in [6.07, 6.45) is 2.85. The highest BCUT2D eigenvalue weighted by Gasteiger charge is 2.26. The number of carbonyl (C=O) groups excluding carboxylic acids is 1. The number of nitrogens with zero attached hydrogens (tertiary/aromatic N) is 1. The molecule has 1 amide bonds. The van der Waals surface area contributed by atoms with Gasteiger partial charge < -0.3 is 10.6 Å². The van der Waals surface area contributed by atoms with E-state index in [1.54, 1.807) is 25.2 Å². The lowest BCUT2D eigenvalue weighted by Gasteiger charge is -2.26. The summed E-state index contributed by atoms with van der Waals surface area (Å²) < 4.78 is 26.7. The molecule has 1 fully saturated rings. The van der Waals surface area contributed by atoms with Crippen LogP contribution in [-0.4, -0.2) is 51.9 Å². The maximum absolute atomic E-state index is 12.6. The minimum absolute atomic E-state index is 0. The number of hydrogen-bond acceptors (Lipinski definition) is 4. The van der Waals surface area contributed by atoms with Crippen LogP contribution in [0.1, 0.15) is 29.6 Å². The number of piperidine rings is 1. The van der Waals surface area contributed by atoms with Crippen LogP contribution in [0.4, 0.5) is 0 Å². The SMILES string of the molecule is CNCCNC(=O)c1cccc(S(=O)(=O)N2CCCCC2)c1.Cl. The van der Waals surface area contributed by atoms with Crippen molar-refractivity contribution in [2.75, 3.05) is 33.2 Å². The standard InChI is InChI=1S/C15H23N3O3S.ClH/c1-16-8-9-17-15(19)13-6-5-7-14(12-13)22(20,21)18-10-3-2-4-11-18;/h5-7,12,16H,2-4,8-11H2,1H3,(H,17,19);1H. The molecule has 2 rings (SSSR count). The number of halogens is 1. The van der Waals surface area contributed by atoms with Crippen LogP contribution < -0.4 is 10.6 Å². The number of likely N-dealkylation sites (N-methyl/N-ethyl adjacent to an activating group) is 1. The van der Waals surface area contributed by atoms with Crippen molar-refractivity contribution in [1.82, 2.24) is 14.9 Å². The summed E-state index contributed by atoms with van der Waals surface area (Å²) in [5.41, 5.74) is 0.370. The quantitative estimate of drug-likeness (QED) is 0.747. The molecule has 0 spiro atoms. The van der Waals surface area contributed by atoms with E-state index in [1.807, 2.05) is 0 Å². The number of rotatable bonds is 6. The van der Waals surface area contributed by atoms with Gasteiger partial charge in [0, 0.05) is 31.7 Å². The second kappa shape index (κ2) is 9.22. The van der Waals surface area contributed by atoms with Crippen LogP contribution >= 0.6 is 12.4 Å². The van der Waals surface area contributed by atoms with Crippen LogP contribution in [0.2, 0.25) is 0 Å². The van der Waals surface area contributed by atoms with Crippen LogP contribution in [0.15, 0.2) is 29.2 Å². The highest BCUT2D eigenvalue weighted by Crippen LogP contribution is 2.21. The molecule has 0 radical (unpaired) electrons. The van der Waals surface area contributed by atoms with Crippen LogP contribution in [0.25, 0.3) is 0 Å². The molecule has 130 valence electrons. The van der Waals surface area contributed by atoms with Crippen molar-refractivity contribution < 1.29 is 13.2 Å². The predicted molar refractivity (Wildman–Crippen MR) is 92.6 cm³/mol. The monoisotopic (exact) mass is 361 g/mol. The molecule has 1 aliphatic heterocycles. The van der Waals surface area contributed by atoms with Gasteiger partial charge in [0.25, 0.3) is 5.91 Å². The van der Waals surface area contributed by atoms with Gasteiger partial charge in [0.1, 0.15) is 0 Å². The van der Waals surface area contributed by atoms with Crippen molar-refractivity contribution in [3.8, 4) is 0 Å². The van der Waals surface area contributed by atoms with Gasteiger partial charge in [-0.15, -0.1) is 12.4 Å². The third kappa shape index (κ3) is 5.17. The third-order valence-electron chi connectivity index (χ3n) is 3.71. The van der Waals surface area contributed by atoms with Gasteiger partial charge in [0.05, 0.1) is 4.90 Å². The molecule has 0 unspecified atom stereocenters. The molecule has 1 aromatic carbocycles. The fourth-order valence-corrected chi connectivity index (χ4v) is 4.02. The average Bonchev–Trinajstić information content (AvgIpc) is 2.56. The summed E-state index contributed by atoms with van der Waals surface area (Å²) in [6.45, 7) is 2.28. The van der Waals surface area contributed by atoms with Gasteiger partial charge in [-0.2, -0.15) is 4.31 Å². The van der Waals surface area contributed by atoms with Gasteiger partial charge >= 0.3 is 0 Å². The Kier molecular flexibility index (Phi) is 7.98. The molecule has 2 N–H and O–H groups in total. The summed E-state index contributed by atoms with van der Waals surface area (Å²) in [7, 11) is -1.70. The number of nitrogens with one attached hydrogen (secondary N) is 2. The van der Waals surface area contributed by atoms with E-state index in [0.29, 0.717) is 31.7 Å². The maximum atomic E-state index is 12.6. The minimum atomic E-state index is -3.50. The zero-order valence-corrected chi connectivity index (χ0v) is 14.9. The van der Waals surface area contributed by atoms with Crippen LogP contribution in [0, 0.1) is 0 Å². The van der Waals surface area contributed by atoms with Gasteiger partial charge in [-0.05, 0) is 38.1 Å². The lowest BCUT2D eigenvalue weighted by molar-refractivity contribution is 0.0954. The normalized spacial score (nSPS) is 15.7. The molecular formula is C15H24ClN3O3S. The van der Waals surface area contributed by atoms with E-state index in [2.05, 4.69) is 10.6 Å². The number of carbonyl (C=O) groups is 1. The molecule has 8 heteroatoms. The second-order valence-corrected chi connectivity index (χ2v) is 7.29. The fourth-order valence-electron chi connectivity index (χ4n) is 2.46. The molecule has 1 aliphatic rings. The Labute approximate surface area is 144 Å². The van der Waals surface area contributed by atoms with E-state index in [9.17, 15) is 13.2 Å². The van der Waals surface area contributed by atoms with E-state index < -0.39 is 10.0 Å². The summed E-state index contributed by atoms with van der Waals surface area (Å²) in [5.74, 6) is -0.258. The first kappa shape index (κ1) is 19.9. The average molecular weight is 362 g/mol. The van der Waals surface area contributed by atoms with Crippen LogP contribution in [-0.2, 0) is 10.0 Å². The van der Waals surface area contributed by atoms with Crippen molar-refractivity contribution >= 4 is 28.3 Å². The van der Waals surface area contributed by atoms with Gasteiger partial charge in [-0.1, -0.05) is 12.5 Å². The number of amides is 1. The Morgan fingerprint density at radius 2 is 1.87 bits per heavy atom. The number of benzene rings is 1. The lowest BCUT2D eigenvalue weighted by Crippen LogP contribution is -2.35. The molecule has 0 aliphatic carbocycles. The van der Waals surface area contributed by atoms with Crippen molar-refractivity contribution in [1.29, 1.82) is 0 Å². The van der Waals surface area contributed by atoms with Gasteiger partial charge in [-0.25, -0.2) is 8.42 Å². The zero-order valence-electron chi connectivity index (χ0n) is 13.2. The Morgan fingerprint density at radius 3 is 2.52 bits per heavy atom. The third-order valence-corrected chi connectivity index (χ3v) is 5.60. The van der Waals surface area contributed by atoms with Crippen molar-refractivity contribution in [3.05, 3.63) is 29.8 Å². The Bertz CT molecular complexity index is 616. The summed E-state index contributed by atoms with van der Waals surface area (Å²) in [5, 5.41) is 5.68. The van der Waals surface area contributed by atoms with E-state index in [0.717, 1.165) is 19.3 Å². The smallest absolute Gasteiger partial charge is 0.251 e. The van der Waals surface area contributed by atoms with Gasteiger partial charge in [0.2, 0.25) is 10.0 Å². The largest absolute Gasteiger partial charge is 0.351 e. The molecule has 0 atom stereocenters. The molecule has 1 aromatic rings. The second-order valence-electron chi connectivity index (χ2n) is 5.35. The molecule has 0 saturated carbocycles. The van der Waals surface area contributed by atoms with Crippen molar-refractivity contribution in [2.45, 2.75) is 24.2 Å². The molecule has 23 heavy (non-hydrogen) atoms. The summed E-state index contributed by atoms with van der Waals surface area (Å²) in [6, 6.07) is 6.25. The number of hydrogen-bond donors (Lipinski definition) is 2. The number of sulfonamides is 1. The van der Waals surface area contributed by atoms with E-state index >= 15 is 0 Å². The maximum Gasteiger partial charge on any atom is 0.251 e. The summed E-state index contributed by atoms with van der Waals surface area (Å²) in [4.78, 5) is 12.2. The Balaban J connectivity index is 0.00000264. The molecule has 1 saturated heterocycles. The minimum Gasteiger partial charge on any atom is -0.351 e. The Hall–Kier alpha value is -1.15. The predicted octanol–water partition coefficient (Wildman–Crippen LogP) is 1.23. The van der Waals surface area contributed by atoms with Crippen molar-refractivity contribution in [2.24, 2.45) is 0 Å². The van der Waals surface area contributed by atoms with E-state index in [4.69, 9.17) is 0 Å². The molecule has 1 heterocycles. The topological polar surface area (TPSA) is 78.5 Å². The molecular weight excluding hydrogens is 338 g/mol. The van der Waals surface area contributed by atoms with Gasteiger partial charge in [0.15, 0.2) is 0 Å². The molecule has 0 aromatic heterocycles. The molecule has 0 bridgehead atoms. The molecule has 6 nitrogen and oxygen atoms in total. The zero-order chi connectivity index (χ0) is 16.0. The fraction of sp³-hybridized carbons (Fsp3) is 0.533. The first-order valence-corrected chi connectivity index (χ1v) is 9.03. The van der Waals surface area contributed by atoms with Crippen LogP contribution in [0.3, 0.4) is 0 Å². The Morgan fingerprint density at radius 1 is 1.17 bits per heavy atom. The van der Waals surface area contributed by atoms with Crippen molar-refractivity contribution in [3.63, 3.8) is 0 Å². The van der Waals surface area contributed by atoms with Crippen LogP contribution in [0.5, 0.6) is 0 Å². The first-order chi connectivity index (χ1) is 10.6. The van der Waals surface area contributed by atoms with E-state index in [1.165, 1.54) is 10.4 Å². The van der Waals surface area contributed by atoms with Gasteiger partial charge in [-0.3, -0.25) is 4.79 Å². The first-order valence-electron chi connectivity index (χ1n) is 7.59. The highest BCUT2D eigenvalue weighted by molar-refractivity contribution is 7.89. The lowest BCUT2D eigenvalue weighted by atomic mass is 10.2. The highest BCUT2D eigenvalue weighted by atomic mass is 35.5.